The molecule has 3 nitrogen and oxygen atoms in total. The highest BCUT2D eigenvalue weighted by Gasteiger charge is 2.05. The Bertz CT molecular complexity index is 584. The van der Waals surface area contributed by atoms with Crippen LogP contribution >= 0.6 is 11.6 Å². The molecular formula is C18H21ClN2O. The lowest BCUT2D eigenvalue weighted by atomic mass is 10.2. The Kier molecular flexibility index (Phi) is 6.44. The fourth-order valence-corrected chi connectivity index (χ4v) is 2.37. The molecule has 2 aromatic carbocycles. The van der Waals surface area contributed by atoms with Crippen LogP contribution in [0.2, 0.25) is 5.02 Å². The third-order valence-electron chi connectivity index (χ3n) is 3.37. The molecular weight excluding hydrogens is 296 g/mol. The van der Waals surface area contributed by atoms with Crippen LogP contribution in [0.15, 0.2) is 54.6 Å². The Hall–Kier alpha value is -1.84. The minimum Gasteiger partial charge on any atom is -0.326 e. The van der Waals surface area contributed by atoms with Gasteiger partial charge in [0.25, 0.3) is 0 Å². The van der Waals surface area contributed by atoms with Gasteiger partial charge in [0.05, 0.1) is 0 Å². The number of rotatable bonds is 7. The van der Waals surface area contributed by atoms with Crippen molar-refractivity contribution < 1.29 is 4.79 Å². The molecule has 0 saturated carbocycles. The number of carbonyl (C=O) groups excluding carboxylic acids is 1. The molecule has 0 aromatic heterocycles. The number of nitrogens with one attached hydrogen (secondary N) is 1. The third kappa shape index (κ3) is 5.88. The van der Waals surface area contributed by atoms with Crippen LogP contribution in [-0.2, 0) is 11.3 Å². The van der Waals surface area contributed by atoms with Crippen LogP contribution in [0.3, 0.4) is 0 Å². The Morgan fingerprint density at radius 1 is 1.09 bits per heavy atom. The van der Waals surface area contributed by atoms with Gasteiger partial charge in [-0.25, -0.2) is 0 Å². The van der Waals surface area contributed by atoms with Gasteiger partial charge >= 0.3 is 0 Å². The summed E-state index contributed by atoms with van der Waals surface area (Å²) in [6, 6.07) is 17.5. The van der Waals surface area contributed by atoms with Crippen molar-refractivity contribution in [3.05, 3.63) is 65.2 Å². The summed E-state index contributed by atoms with van der Waals surface area (Å²) in [5.74, 6) is 0.0374. The molecule has 0 aliphatic rings. The molecule has 0 bridgehead atoms. The molecule has 1 amide bonds. The predicted octanol–water partition coefficient (Wildman–Crippen LogP) is 4.19. The summed E-state index contributed by atoms with van der Waals surface area (Å²) in [7, 11) is 2.07. The highest BCUT2D eigenvalue weighted by molar-refractivity contribution is 6.30. The lowest BCUT2D eigenvalue weighted by Crippen LogP contribution is -2.21. The number of amides is 1. The molecule has 2 aromatic rings. The Morgan fingerprint density at radius 3 is 2.45 bits per heavy atom. The minimum absolute atomic E-state index is 0.0374. The summed E-state index contributed by atoms with van der Waals surface area (Å²) >= 11 is 5.81. The molecule has 2 rings (SSSR count). The van der Waals surface area contributed by atoms with Gasteiger partial charge in [-0.2, -0.15) is 0 Å². The van der Waals surface area contributed by atoms with Crippen molar-refractivity contribution in [1.29, 1.82) is 0 Å². The first kappa shape index (κ1) is 16.5. The average Bonchev–Trinajstić information content (AvgIpc) is 2.50. The number of carbonyl (C=O) groups is 1. The fourth-order valence-electron chi connectivity index (χ4n) is 2.24. The van der Waals surface area contributed by atoms with Crippen LogP contribution in [0.5, 0.6) is 0 Å². The molecule has 0 unspecified atom stereocenters. The van der Waals surface area contributed by atoms with Crippen LogP contribution in [0.1, 0.15) is 18.4 Å². The number of halogens is 1. The van der Waals surface area contributed by atoms with Crippen LogP contribution in [0.25, 0.3) is 0 Å². The Morgan fingerprint density at radius 2 is 1.77 bits per heavy atom. The van der Waals surface area contributed by atoms with Gasteiger partial charge in [-0.15, -0.1) is 0 Å². The standard InChI is InChI=1S/C18H21ClN2O/c1-21(14-15-6-3-2-4-7-15)13-5-8-18(22)20-17-11-9-16(19)10-12-17/h2-4,6-7,9-12H,5,8,13-14H2,1H3,(H,20,22). The van der Waals surface area contributed by atoms with Crippen molar-refractivity contribution in [3.8, 4) is 0 Å². The SMILES string of the molecule is CN(CCCC(=O)Nc1ccc(Cl)cc1)Cc1ccccc1. The summed E-state index contributed by atoms with van der Waals surface area (Å²) in [6.07, 6.45) is 1.35. The van der Waals surface area contributed by atoms with Gasteiger partial charge in [0, 0.05) is 23.7 Å². The first-order valence-corrected chi connectivity index (χ1v) is 7.79. The van der Waals surface area contributed by atoms with Crippen molar-refractivity contribution in [2.45, 2.75) is 19.4 Å². The molecule has 0 spiro atoms. The van der Waals surface area contributed by atoms with Gasteiger partial charge < -0.3 is 10.2 Å². The number of benzene rings is 2. The van der Waals surface area contributed by atoms with E-state index in [1.54, 1.807) is 12.1 Å². The molecule has 4 heteroatoms. The van der Waals surface area contributed by atoms with Gasteiger partial charge in [0.15, 0.2) is 0 Å². The molecule has 0 fully saturated rings. The molecule has 0 atom stereocenters. The summed E-state index contributed by atoms with van der Waals surface area (Å²) in [5, 5.41) is 3.54. The van der Waals surface area contributed by atoms with E-state index in [9.17, 15) is 4.79 Å². The summed E-state index contributed by atoms with van der Waals surface area (Å²) < 4.78 is 0. The summed E-state index contributed by atoms with van der Waals surface area (Å²) in [5.41, 5.74) is 2.07. The van der Waals surface area contributed by atoms with Crippen molar-refractivity contribution in [2.24, 2.45) is 0 Å². The van der Waals surface area contributed by atoms with E-state index in [4.69, 9.17) is 11.6 Å². The summed E-state index contributed by atoms with van der Waals surface area (Å²) in [4.78, 5) is 14.1. The lowest BCUT2D eigenvalue weighted by Gasteiger charge is -2.16. The van der Waals surface area contributed by atoms with Gasteiger partial charge in [0.2, 0.25) is 5.91 Å². The highest BCUT2D eigenvalue weighted by atomic mass is 35.5. The van der Waals surface area contributed by atoms with E-state index in [1.807, 2.05) is 30.3 Å². The van der Waals surface area contributed by atoms with E-state index in [2.05, 4.69) is 29.4 Å². The number of hydrogen-bond donors (Lipinski definition) is 1. The number of anilines is 1. The van der Waals surface area contributed by atoms with E-state index in [1.165, 1.54) is 5.56 Å². The first-order valence-electron chi connectivity index (χ1n) is 7.41. The zero-order valence-electron chi connectivity index (χ0n) is 12.8. The van der Waals surface area contributed by atoms with Crippen molar-refractivity contribution in [3.63, 3.8) is 0 Å². The molecule has 116 valence electrons. The van der Waals surface area contributed by atoms with Crippen LogP contribution in [0.4, 0.5) is 5.69 Å². The number of hydrogen-bond acceptors (Lipinski definition) is 2. The fraction of sp³-hybridized carbons (Fsp3) is 0.278. The first-order chi connectivity index (χ1) is 10.6. The number of nitrogens with zero attached hydrogens (tertiary/aromatic N) is 1. The van der Waals surface area contributed by atoms with E-state index in [-0.39, 0.29) is 5.91 Å². The second-order valence-electron chi connectivity index (χ2n) is 5.38. The largest absolute Gasteiger partial charge is 0.326 e. The van der Waals surface area contributed by atoms with E-state index < -0.39 is 0 Å². The second kappa shape index (κ2) is 8.57. The summed E-state index contributed by atoms with van der Waals surface area (Å²) in [6.45, 7) is 1.79. The molecule has 0 aliphatic carbocycles. The van der Waals surface area contributed by atoms with Gasteiger partial charge in [-0.3, -0.25) is 4.79 Å². The molecule has 0 saturated heterocycles. The topological polar surface area (TPSA) is 32.3 Å². The zero-order chi connectivity index (χ0) is 15.8. The smallest absolute Gasteiger partial charge is 0.224 e. The lowest BCUT2D eigenvalue weighted by molar-refractivity contribution is -0.116. The zero-order valence-corrected chi connectivity index (χ0v) is 13.5. The Labute approximate surface area is 136 Å². The monoisotopic (exact) mass is 316 g/mol. The van der Waals surface area contributed by atoms with Gasteiger partial charge in [-0.05, 0) is 49.8 Å². The third-order valence-corrected chi connectivity index (χ3v) is 3.62. The molecule has 0 radical (unpaired) electrons. The normalized spacial score (nSPS) is 10.7. The quantitative estimate of drug-likeness (QED) is 0.830. The maximum Gasteiger partial charge on any atom is 0.224 e. The van der Waals surface area contributed by atoms with Gasteiger partial charge in [0.1, 0.15) is 0 Å². The van der Waals surface area contributed by atoms with Crippen LogP contribution < -0.4 is 5.32 Å². The molecule has 1 N–H and O–H groups in total. The Balaban J connectivity index is 1.67. The van der Waals surface area contributed by atoms with E-state index in [0.29, 0.717) is 11.4 Å². The van der Waals surface area contributed by atoms with Crippen LogP contribution in [0, 0.1) is 0 Å². The van der Waals surface area contributed by atoms with Crippen LogP contribution in [-0.4, -0.2) is 24.4 Å². The van der Waals surface area contributed by atoms with E-state index in [0.717, 1.165) is 25.2 Å². The van der Waals surface area contributed by atoms with Crippen molar-refractivity contribution >= 4 is 23.2 Å². The average molecular weight is 317 g/mol. The molecule has 0 aliphatic heterocycles. The van der Waals surface area contributed by atoms with Gasteiger partial charge in [-0.1, -0.05) is 41.9 Å². The molecule has 22 heavy (non-hydrogen) atoms. The maximum absolute atomic E-state index is 11.9. The molecule has 0 heterocycles. The predicted molar refractivity (Wildman–Crippen MR) is 92.1 cm³/mol. The second-order valence-corrected chi connectivity index (χ2v) is 5.82. The maximum atomic E-state index is 11.9. The minimum atomic E-state index is 0.0374. The van der Waals surface area contributed by atoms with Crippen molar-refractivity contribution in [1.82, 2.24) is 4.90 Å². The van der Waals surface area contributed by atoms with E-state index >= 15 is 0 Å². The van der Waals surface area contributed by atoms with Crippen molar-refractivity contribution in [2.75, 3.05) is 18.9 Å². The highest BCUT2D eigenvalue weighted by Crippen LogP contribution is 2.13.